The first kappa shape index (κ1) is 11.0. The van der Waals surface area contributed by atoms with Crippen molar-refractivity contribution in [2.24, 2.45) is 4.99 Å². The minimum Gasteiger partial charge on any atom is -0.468 e. The molecule has 16 heavy (non-hydrogen) atoms. The fourth-order valence-corrected chi connectivity index (χ4v) is 1.74. The molecule has 2 aliphatic heterocycles. The lowest BCUT2D eigenvalue weighted by atomic mass is 10.3. The second-order valence-electron chi connectivity index (χ2n) is 3.38. The van der Waals surface area contributed by atoms with Gasteiger partial charge >= 0.3 is 5.97 Å². The van der Waals surface area contributed by atoms with Crippen molar-refractivity contribution in [1.29, 1.82) is 0 Å². The molecule has 6 nitrogen and oxygen atoms in total. The van der Waals surface area contributed by atoms with Crippen LogP contribution < -0.4 is 5.53 Å². The number of ether oxygens (including phenoxy) is 1. The first-order valence-corrected chi connectivity index (χ1v) is 5.12. The maximum absolute atomic E-state index is 11.1. The lowest BCUT2D eigenvalue weighted by molar-refractivity contribution is -0.142. The lowest BCUT2D eigenvalue weighted by Crippen LogP contribution is -2.42. The van der Waals surface area contributed by atoms with Gasteiger partial charge in [0, 0.05) is 5.71 Å². The Balaban J connectivity index is 2.11. The highest BCUT2D eigenvalue weighted by molar-refractivity contribution is 7.84. The smallest absolute Gasteiger partial charge is 0.326 e. The highest BCUT2D eigenvalue weighted by Gasteiger charge is 2.26. The molecule has 0 aromatic heterocycles. The summed E-state index contributed by atoms with van der Waals surface area (Å²) in [6.45, 7) is 2.00. The number of hydrogen-bond acceptors (Lipinski definition) is 7. The summed E-state index contributed by atoms with van der Waals surface area (Å²) < 4.78 is 4.58. The van der Waals surface area contributed by atoms with Crippen LogP contribution in [0.2, 0.25) is 0 Å². The number of allylic oxidation sites excluding steroid dienone is 1. The molecular formula is C9H12N4O2S. The monoisotopic (exact) mass is 240 g/mol. The standard InChI is InChI=1S/C9H12N4O2S/c1-6-3-8(16)13-7(10-6)4-12(11-13)5-9(14)15-2/h3-4,11,16H,5H2,1-2H3. The molecular weight excluding hydrogens is 228 g/mol. The molecule has 2 aliphatic rings. The van der Waals surface area contributed by atoms with E-state index in [1.165, 1.54) is 7.11 Å². The van der Waals surface area contributed by atoms with Crippen molar-refractivity contribution < 1.29 is 9.53 Å². The van der Waals surface area contributed by atoms with Crippen molar-refractivity contribution in [3.8, 4) is 0 Å². The van der Waals surface area contributed by atoms with Crippen LogP contribution in [0.3, 0.4) is 0 Å². The lowest BCUT2D eigenvalue weighted by Gasteiger charge is -2.24. The van der Waals surface area contributed by atoms with Crippen molar-refractivity contribution in [2.45, 2.75) is 6.92 Å². The average molecular weight is 240 g/mol. The normalized spacial score (nSPS) is 18.8. The Morgan fingerprint density at radius 3 is 3.12 bits per heavy atom. The molecule has 0 spiro atoms. The van der Waals surface area contributed by atoms with E-state index in [4.69, 9.17) is 0 Å². The van der Waals surface area contributed by atoms with E-state index in [-0.39, 0.29) is 12.5 Å². The maximum atomic E-state index is 11.1. The van der Waals surface area contributed by atoms with Crippen LogP contribution in [0.4, 0.5) is 0 Å². The third-order valence-electron chi connectivity index (χ3n) is 2.11. The van der Waals surface area contributed by atoms with Crippen LogP contribution in [-0.2, 0) is 9.53 Å². The molecule has 0 unspecified atom stereocenters. The Kier molecular flexibility index (Phi) is 2.88. The van der Waals surface area contributed by atoms with E-state index >= 15 is 0 Å². The van der Waals surface area contributed by atoms with Gasteiger partial charge in [-0.2, -0.15) is 0 Å². The van der Waals surface area contributed by atoms with Gasteiger partial charge in [-0.3, -0.25) is 9.80 Å². The molecule has 0 radical (unpaired) electrons. The first-order valence-electron chi connectivity index (χ1n) is 4.68. The van der Waals surface area contributed by atoms with Gasteiger partial charge in [-0.15, -0.1) is 18.2 Å². The predicted molar refractivity (Wildman–Crippen MR) is 62.0 cm³/mol. The van der Waals surface area contributed by atoms with Crippen LogP contribution in [0, 0.1) is 0 Å². The third kappa shape index (κ3) is 2.05. The zero-order chi connectivity index (χ0) is 11.7. The van der Waals surface area contributed by atoms with Crippen molar-refractivity contribution in [1.82, 2.24) is 15.6 Å². The van der Waals surface area contributed by atoms with Crippen LogP contribution in [0.15, 0.2) is 28.1 Å². The summed E-state index contributed by atoms with van der Waals surface area (Å²) in [4.78, 5) is 15.4. The Hall–Kier alpha value is -1.47. The molecule has 0 aromatic carbocycles. The maximum Gasteiger partial charge on any atom is 0.326 e. The molecule has 2 heterocycles. The molecule has 0 aliphatic carbocycles. The van der Waals surface area contributed by atoms with Crippen LogP contribution >= 0.6 is 12.6 Å². The quantitative estimate of drug-likeness (QED) is 0.535. The van der Waals surface area contributed by atoms with E-state index in [0.717, 1.165) is 10.7 Å². The van der Waals surface area contributed by atoms with Gasteiger partial charge in [0.1, 0.15) is 6.54 Å². The number of carbonyl (C=O) groups is 1. The molecule has 0 amide bonds. The number of rotatable bonds is 2. The van der Waals surface area contributed by atoms with E-state index in [1.807, 2.05) is 13.0 Å². The highest BCUT2D eigenvalue weighted by Crippen LogP contribution is 2.24. The fraction of sp³-hybridized carbons (Fsp3) is 0.333. The van der Waals surface area contributed by atoms with E-state index in [9.17, 15) is 4.79 Å². The third-order valence-corrected chi connectivity index (χ3v) is 2.44. The number of aliphatic imine (C=N–C) groups is 1. The van der Waals surface area contributed by atoms with Gasteiger partial charge in [0.05, 0.1) is 18.3 Å². The topological polar surface area (TPSA) is 57.2 Å². The van der Waals surface area contributed by atoms with Crippen LogP contribution in [0.1, 0.15) is 6.92 Å². The summed E-state index contributed by atoms with van der Waals surface area (Å²) in [5, 5.41) is 4.00. The number of carbonyl (C=O) groups excluding carboxylic acids is 1. The zero-order valence-corrected chi connectivity index (χ0v) is 9.86. The predicted octanol–water partition coefficient (Wildman–Crippen LogP) is 0.241. The molecule has 0 saturated heterocycles. The van der Waals surface area contributed by atoms with Gasteiger partial charge in [-0.05, 0) is 13.0 Å². The van der Waals surface area contributed by atoms with Gasteiger partial charge in [0.25, 0.3) is 0 Å². The molecule has 0 atom stereocenters. The number of nitrogens with one attached hydrogen (secondary N) is 1. The number of nitrogens with zero attached hydrogens (tertiary/aromatic N) is 3. The Bertz CT molecular complexity index is 416. The number of fused-ring (bicyclic) bond motifs is 1. The van der Waals surface area contributed by atoms with Gasteiger partial charge in [0.15, 0.2) is 5.82 Å². The largest absolute Gasteiger partial charge is 0.468 e. The summed E-state index contributed by atoms with van der Waals surface area (Å²) in [7, 11) is 1.35. The molecule has 7 heteroatoms. The van der Waals surface area contributed by atoms with E-state index in [0.29, 0.717) is 5.82 Å². The summed E-state index contributed by atoms with van der Waals surface area (Å²) in [5.74, 6) is 0.378. The van der Waals surface area contributed by atoms with Crippen molar-refractivity contribution in [3.63, 3.8) is 0 Å². The number of hydrogen-bond donors (Lipinski definition) is 2. The van der Waals surface area contributed by atoms with Crippen molar-refractivity contribution in [2.75, 3.05) is 13.7 Å². The fourth-order valence-electron chi connectivity index (χ4n) is 1.40. The molecule has 0 aromatic rings. The van der Waals surface area contributed by atoms with Gasteiger partial charge in [0.2, 0.25) is 0 Å². The van der Waals surface area contributed by atoms with Crippen molar-refractivity contribution in [3.05, 3.63) is 23.1 Å². The SMILES string of the molecule is COC(=O)CN1C=C2N=C(C)C=C(S)N2N1. The summed E-state index contributed by atoms with van der Waals surface area (Å²) >= 11 is 4.31. The molecule has 2 rings (SSSR count). The number of hydrazine groups is 2. The number of methoxy groups -OCH3 is 1. The van der Waals surface area contributed by atoms with Crippen molar-refractivity contribution >= 4 is 24.3 Å². The van der Waals surface area contributed by atoms with E-state index in [1.54, 1.807) is 16.2 Å². The minimum absolute atomic E-state index is 0.117. The van der Waals surface area contributed by atoms with Crippen LogP contribution in [-0.4, -0.2) is 35.4 Å². The summed E-state index contributed by atoms with van der Waals surface area (Å²) in [5.41, 5.74) is 3.82. The molecule has 0 bridgehead atoms. The number of thiol groups is 1. The van der Waals surface area contributed by atoms with Gasteiger partial charge in [-0.25, -0.2) is 10.0 Å². The summed E-state index contributed by atoms with van der Waals surface area (Å²) in [6.07, 6.45) is 3.55. The van der Waals surface area contributed by atoms with Gasteiger partial charge < -0.3 is 4.74 Å². The number of esters is 1. The molecule has 0 fully saturated rings. The first-order chi connectivity index (χ1) is 7.60. The Morgan fingerprint density at radius 2 is 2.44 bits per heavy atom. The molecule has 86 valence electrons. The second kappa shape index (κ2) is 4.18. The Labute approximate surface area is 98.6 Å². The molecule has 0 saturated carbocycles. The Morgan fingerprint density at radius 1 is 1.69 bits per heavy atom. The van der Waals surface area contributed by atoms with Crippen LogP contribution in [0.25, 0.3) is 0 Å². The minimum atomic E-state index is -0.324. The zero-order valence-electron chi connectivity index (χ0n) is 8.97. The highest BCUT2D eigenvalue weighted by atomic mass is 32.1. The van der Waals surface area contributed by atoms with Crippen LogP contribution in [0.5, 0.6) is 0 Å². The second-order valence-corrected chi connectivity index (χ2v) is 3.84. The van der Waals surface area contributed by atoms with E-state index < -0.39 is 0 Å². The van der Waals surface area contributed by atoms with E-state index in [2.05, 4.69) is 27.9 Å². The van der Waals surface area contributed by atoms with Gasteiger partial charge in [-0.1, -0.05) is 0 Å². The average Bonchev–Trinajstić information content (AvgIpc) is 2.60. The summed E-state index contributed by atoms with van der Waals surface area (Å²) in [6, 6.07) is 0. The molecule has 1 N–H and O–H groups in total.